The molecule has 0 fully saturated rings. The van der Waals surface area contributed by atoms with Gasteiger partial charge >= 0.3 is 0 Å². The van der Waals surface area contributed by atoms with Gasteiger partial charge in [0.2, 0.25) is 0 Å². The molecule has 0 atom stereocenters. The fraction of sp³-hybridized carbons (Fsp3) is 0.692. The maximum Gasteiger partial charge on any atom is 0.132 e. The summed E-state index contributed by atoms with van der Waals surface area (Å²) in [6.45, 7) is 5.44. The summed E-state index contributed by atoms with van der Waals surface area (Å²) in [6, 6.07) is 0. The Labute approximate surface area is 108 Å². The second-order valence-corrected chi connectivity index (χ2v) is 6.69. The topological polar surface area (TPSA) is 37.8 Å². The molecule has 1 aromatic heterocycles. The van der Waals surface area contributed by atoms with Crippen LogP contribution in [0.5, 0.6) is 0 Å². The van der Waals surface area contributed by atoms with Crippen molar-refractivity contribution in [1.29, 1.82) is 0 Å². The van der Waals surface area contributed by atoms with Crippen LogP contribution in [0.25, 0.3) is 0 Å². The summed E-state index contributed by atoms with van der Waals surface area (Å²) in [5.74, 6) is 1.05. The van der Waals surface area contributed by atoms with Crippen molar-refractivity contribution in [2.75, 3.05) is 18.1 Å². The van der Waals surface area contributed by atoms with E-state index in [2.05, 4.69) is 35.4 Å². The highest BCUT2D eigenvalue weighted by molar-refractivity contribution is 7.99. The molecule has 3 nitrogen and oxygen atoms in total. The van der Waals surface area contributed by atoms with Gasteiger partial charge in [-0.1, -0.05) is 0 Å². The van der Waals surface area contributed by atoms with Gasteiger partial charge in [-0.2, -0.15) is 11.8 Å². The number of rotatable bonds is 4. The maximum absolute atomic E-state index is 4.40. The van der Waals surface area contributed by atoms with Crippen molar-refractivity contribution >= 4 is 17.6 Å². The average molecular weight is 251 g/mol. The lowest BCUT2D eigenvalue weighted by Gasteiger charge is -2.24. The molecule has 0 saturated carbocycles. The predicted octanol–water partition coefficient (Wildman–Crippen LogP) is 2.91. The normalized spacial score (nSPS) is 15.5. The van der Waals surface area contributed by atoms with Crippen LogP contribution in [-0.4, -0.2) is 27.5 Å². The molecular formula is C13H21N3S. The quantitative estimate of drug-likeness (QED) is 0.893. The molecule has 0 amide bonds. The fourth-order valence-corrected chi connectivity index (χ4v) is 2.26. The van der Waals surface area contributed by atoms with Gasteiger partial charge in [0.05, 0.1) is 0 Å². The second kappa shape index (κ2) is 5.25. The van der Waals surface area contributed by atoms with E-state index in [9.17, 15) is 0 Å². The third kappa shape index (κ3) is 3.12. The minimum Gasteiger partial charge on any atom is -0.368 e. The van der Waals surface area contributed by atoms with E-state index in [0.717, 1.165) is 25.2 Å². The minimum atomic E-state index is 0.243. The van der Waals surface area contributed by atoms with Gasteiger partial charge in [-0.3, -0.25) is 0 Å². The number of nitrogens with one attached hydrogen (secondary N) is 1. The lowest BCUT2D eigenvalue weighted by Crippen LogP contribution is -2.27. The molecule has 0 saturated heterocycles. The van der Waals surface area contributed by atoms with Gasteiger partial charge in [-0.25, -0.2) is 9.97 Å². The maximum atomic E-state index is 4.40. The van der Waals surface area contributed by atoms with Gasteiger partial charge in [0.15, 0.2) is 0 Å². The molecule has 2 rings (SSSR count). The van der Waals surface area contributed by atoms with Crippen LogP contribution in [0.2, 0.25) is 0 Å². The SMILES string of the molecule is CSC(C)(C)CNc1ncnc2c1CCCC2. The van der Waals surface area contributed by atoms with Crippen LogP contribution in [0.4, 0.5) is 5.82 Å². The first-order chi connectivity index (χ1) is 8.12. The Bertz CT molecular complexity index is 390. The molecule has 0 aliphatic heterocycles. The van der Waals surface area contributed by atoms with Crippen molar-refractivity contribution in [3.63, 3.8) is 0 Å². The Hall–Kier alpha value is -0.770. The Balaban J connectivity index is 2.11. The number of hydrogen-bond donors (Lipinski definition) is 1. The molecule has 1 heterocycles. The molecular weight excluding hydrogens is 230 g/mol. The van der Waals surface area contributed by atoms with Crippen LogP contribution >= 0.6 is 11.8 Å². The number of hydrogen-bond acceptors (Lipinski definition) is 4. The van der Waals surface area contributed by atoms with E-state index in [1.165, 1.54) is 24.1 Å². The van der Waals surface area contributed by atoms with Gasteiger partial charge in [0.25, 0.3) is 0 Å². The van der Waals surface area contributed by atoms with E-state index in [0.29, 0.717) is 0 Å². The Morgan fingerprint density at radius 3 is 2.82 bits per heavy atom. The Kier molecular flexibility index (Phi) is 3.92. The van der Waals surface area contributed by atoms with Crippen molar-refractivity contribution in [2.45, 2.75) is 44.3 Å². The molecule has 0 radical (unpaired) electrons. The summed E-state index contributed by atoms with van der Waals surface area (Å²) in [5.41, 5.74) is 2.59. The van der Waals surface area contributed by atoms with Crippen LogP contribution in [0.1, 0.15) is 37.9 Å². The van der Waals surface area contributed by atoms with Gasteiger partial charge in [-0.05, 0) is 45.8 Å². The summed E-state index contributed by atoms with van der Waals surface area (Å²) in [4.78, 5) is 8.79. The van der Waals surface area contributed by atoms with Crippen molar-refractivity contribution < 1.29 is 0 Å². The van der Waals surface area contributed by atoms with Crippen molar-refractivity contribution in [1.82, 2.24) is 9.97 Å². The van der Waals surface area contributed by atoms with Gasteiger partial charge in [-0.15, -0.1) is 0 Å². The molecule has 1 aliphatic carbocycles. The molecule has 1 aliphatic rings. The second-order valence-electron chi connectivity index (χ2n) is 5.17. The minimum absolute atomic E-state index is 0.243. The third-order valence-electron chi connectivity index (χ3n) is 3.36. The van der Waals surface area contributed by atoms with Crippen molar-refractivity contribution in [2.24, 2.45) is 0 Å². The number of fused-ring (bicyclic) bond motifs is 1. The average Bonchev–Trinajstić information content (AvgIpc) is 2.36. The van der Waals surface area contributed by atoms with E-state index < -0.39 is 0 Å². The number of aromatic nitrogens is 2. The van der Waals surface area contributed by atoms with Crippen LogP contribution < -0.4 is 5.32 Å². The summed E-state index contributed by atoms with van der Waals surface area (Å²) >= 11 is 1.88. The van der Waals surface area contributed by atoms with Crippen LogP contribution in [-0.2, 0) is 12.8 Å². The molecule has 94 valence electrons. The van der Waals surface area contributed by atoms with Crippen LogP contribution in [0.15, 0.2) is 6.33 Å². The van der Waals surface area contributed by atoms with Gasteiger partial charge in [0, 0.05) is 22.5 Å². The highest BCUT2D eigenvalue weighted by Crippen LogP contribution is 2.26. The highest BCUT2D eigenvalue weighted by Gasteiger charge is 2.19. The lowest BCUT2D eigenvalue weighted by molar-refractivity contribution is 0.661. The number of nitrogens with zero attached hydrogens (tertiary/aromatic N) is 2. The Morgan fingerprint density at radius 2 is 2.06 bits per heavy atom. The molecule has 0 aromatic carbocycles. The number of anilines is 1. The van der Waals surface area contributed by atoms with E-state index >= 15 is 0 Å². The van der Waals surface area contributed by atoms with E-state index in [4.69, 9.17) is 0 Å². The number of thioether (sulfide) groups is 1. The smallest absolute Gasteiger partial charge is 0.132 e. The molecule has 1 N–H and O–H groups in total. The molecule has 0 bridgehead atoms. The fourth-order valence-electron chi connectivity index (χ4n) is 2.04. The highest BCUT2D eigenvalue weighted by atomic mass is 32.2. The standard InChI is InChI=1S/C13H21N3S/c1-13(2,17-3)8-14-12-10-6-4-5-7-11(10)15-9-16-12/h9H,4-8H2,1-3H3,(H,14,15,16). The summed E-state index contributed by atoms with van der Waals surface area (Å²) in [7, 11) is 0. The van der Waals surface area contributed by atoms with Crippen LogP contribution in [0.3, 0.4) is 0 Å². The predicted molar refractivity (Wildman–Crippen MR) is 74.8 cm³/mol. The first-order valence-electron chi connectivity index (χ1n) is 6.24. The molecule has 1 aromatic rings. The summed E-state index contributed by atoms with van der Waals surface area (Å²) in [5, 5.41) is 3.49. The van der Waals surface area contributed by atoms with Gasteiger partial charge in [0.1, 0.15) is 12.1 Å². The zero-order valence-corrected chi connectivity index (χ0v) is 11.7. The molecule has 4 heteroatoms. The monoisotopic (exact) mass is 251 g/mol. The van der Waals surface area contributed by atoms with E-state index in [1.807, 2.05) is 11.8 Å². The lowest BCUT2D eigenvalue weighted by atomic mass is 9.96. The largest absolute Gasteiger partial charge is 0.368 e. The first kappa shape index (κ1) is 12.7. The third-order valence-corrected chi connectivity index (χ3v) is 4.61. The molecule has 0 spiro atoms. The van der Waals surface area contributed by atoms with E-state index in [-0.39, 0.29) is 4.75 Å². The van der Waals surface area contributed by atoms with Gasteiger partial charge < -0.3 is 5.32 Å². The Morgan fingerprint density at radius 1 is 1.29 bits per heavy atom. The van der Waals surface area contributed by atoms with Crippen molar-refractivity contribution in [3.05, 3.63) is 17.6 Å². The van der Waals surface area contributed by atoms with E-state index in [1.54, 1.807) is 6.33 Å². The first-order valence-corrected chi connectivity index (χ1v) is 7.46. The number of aryl methyl sites for hydroxylation is 1. The summed E-state index contributed by atoms with van der Waals surface area (Å²) in [6.07, 6.45) is 8.60. The zero-order valence-electron chi connectivity index (χ0n) is 10.9. The molecule has 17 heavy (non-hydrogen) atoms. The summed E-state index contributed by atoms with van der Waals surface area (Å²) < 4.78 is 0.243. The van der Waals surface area contributed by atoms with Crippen molar-refractivity contribution in [3.8, 4) is 0 Å². The molecule has 0 unspecified atom stereocenters. The van der Waals surface area contributed by atoms with Crippen LogP contribution in [0, 0.1) is 0 Å². The zero-order chi connectivity index (χ0) is 12.3.